The van der Waals surface area contributed by atoms with Crippen LogP contribution in [0.15, 0.2) is 35.1 Å². The van der Waals surface area contributed by atoms with Gasteiger partial charge in [-0.1, -0.05) is 37.3 Å². The number of rotatable bonds is 3. The maximum atomic E-state index is 12.3. The number of thiophene rings is 1. The molecule has 2 aromatic heterocycles. The minimum atomic E-state index is -0.0191. The fourth-order valence-electron chi connectivity index (χ4n) is 2.41. The SMILES string of the molecule is CCCc1nc2sc(-c3ccccc3)c(C)c2c(=O)[nH]1. The summed E-state index contributed by atoms with van der Waals surface area (Å²) < 4.78 is 0. The van der Waals surface area contributed by atoms with E-state index in [1.54, 1.807) is 11.3 Å². The molecule has 0 aliphatic carbocycles. The van der Waals surface area contributed by atoms with Crippen LogP contribution in [0.4, 0.5) is 0 Å². The molecular weight excluding hydrogens is 268 g/mol. The third kappa shape index (κ3) is 2.16. The lowest BCUT2D eigenvalue weighted by Crippen LogP contribution is -2.11. The number of benzene rings is 1. The topological polar surface area (TPSA) is 45.8 Å². The molecule has 3 aromatic rings. The van der Waals surface area contributed by atoms with Gasteiger partial charge in [-0.2, -0.15) is 0 Å². The molecule has 1 N–H and O–H groups in total. The van der Waals surface area contributed by atoms with Gasteiger partial charge in [0.1, 0.15) is 10.7 Å². The molecule has 20 heavy (non-hydrogen) atoms. The fourth-order valence-corrected chi connectivity index (χ4v) is 3.61. The van der Waals surface area contributed by atoms with Crippen molar-refractivity contribution >= 4 is 21.6 Å². The van der Waals surface area contributed by atoms with Gasteiger partial charge in [-0.05, 0) is 24.5 Å². The highest BCUT2D eigenvalue weighted by Gasteiger charge is 2.15. The first-order chi connectivity index (χ1) is 9.70. The zero-order chi connectivity index (χ0) is 14.1. The molecular formula is C16H16N2OS. The van der Waals surface area contributed by atoms with Crippen molar-refractivity contribution in [2.75, 3.05) is 0 Å². The van der Waals surface area contributed by atoms with Crippen molar-refractivity contribution in [2.45, 2.75) is 26.7 Å². The Morgan fingerprint density at radius 3 is 2.70 bits per heavy atom. The lowest BCUT2D eigenvalue weighted by Gasteiger charge is -1.98. The van der Waals surface area contributed by atoms with Crippen molar-refractivity contribution in [1.82, 2.24) is 9.97 Å². The molecule has 0 bridgehead atoms. The molecule has 0 radical (unpaired) electrons. The highest BCUT2D eigenvalue weighted by atomic mass is 32.1. The molecule has 0 aliphatic rings. The van der Waals surface area contributed by atoms with E-state index < -0.39 is 0 Å². The number of hydrogen-bond acceptors (Lipinski definition) is 3. The summed E-state index contributed by atoms with van der Waals surface area (Å²) in [7, 11) is 0. The average molecular weight is 284 g/mol. The molecule has 1 aromatic carbocycles. The number of hydrogen-bond donors (Lipinski definition) is 1. The minimum absolute atomic E-state index is 0.0191. The van der Waals surface area contributed by atoms with Crippen molar-refractivity contribution < 1.29 is 0 Å². The van der Waals surface area contributed by atoms with Gasteiger partial charge in [0.05, 0.1) is 5.39 Å². The van der Waals surface area contributed by atoms with E-state index >= 15 is 0 Å². The second kappa shape index (κ2) is 5.21. The standard InChI is InChI=1S/C16H16N2OS/c1-3-7-12-17-15(19)13-10(2)14(20-16(13)18-12)11-8-5-4-6-9-11/h4-6,8-9H,3,7H2,1-2H3,(H,17,18,19). The first-order valence-electron chi connectivity index (χ1n) is 6.78. The van der Waals surface area contributed by atoms with Crippen LogP contribution in [0.1, 0.15) is 24.7 Å². The number of nitrogens with zero attached hydrogens (tertiary/aromatic N) is 1. The van der Waals surface area contributed by atoms with E-state index in [9.17, 15) is 4.79 Å². The van der Waals surface area contributed by atoms with E-state index in [1.165, 1.54) is 0 Å². The highest BCUT2D eigenvalue weighted by Crippen LogP contribution is 2.35. The molecule has 0 aliphatic heterocycles. The molecule has 2 heterocycles. The van der Waals surface area contributed by atoms with Crippen LogP contribution in [0.5, 0.6) is 0 Å². The molecule has 3 nitrogen and oxygen atoms in total. The van der Waals surface area contributed by atoms with E-state index in [1.807, 2.05) is 25.1 Å². The average Bonchev–Trinajstić information content (AvgIpc) is 2.78. The van der Waals surface area contributed by atoms with Crippen LogP contribution >= 0.6 is 11.3 Å². The Morgan fingerprint density at radius 1 is 1.25 bits per heavy atom. The quantitative estimate of drug-likeness (QED) is 0.792. The summed E-state index contributed by atoms with van der Waals surface area (Å²) in [5, 5.41) is 0.730. The lowest BCUT2D eigenvalue weighted by atomic mass is 10.1. The summed E-state index contributed by atoms with van der Waals surface area (Å²) in [6.45, 7) is 4.08. The van der Waals surface area contributed by atoms with Crippen LogP contribution in [-0.2, 0) is 6.42 Å². The van der Waals surface area contributed by atoms with Gasteiger partial charge in [0.15, 0.2) is 0 Å². The Kier molecular flexibility index (Phi) is 3.40. The third-order valence-electron chi connectivity index (χ3n) is 3.37. The van der Waals surface area contributed by atoms with Crippen molar-refractivity contribution in [1.29, 1.82) is 0 Å². The molecule has 4 heteroatoms. The van der Waals surface area contributed by atoms with Crippen molar-refractivity contribution in [3.05, 3.63) is 52.1 Å². The Labute approximate surface area is 121 Å². The van der Waals surface area contributed by atoms with Crippen LogP contribution < -0.4 is 5.56 Å². The third-order valence-corrected chi connectivity index (χ3v) is 4.61. The monoisotopic (exact) mass is 284 g/mol. The first-order valence-corrected chi connectivity index (χ1v) is 7.60. The van der Waals surface area contributed by atoms with E-state index in [0.717, 1.165) is 44.9 Å². The van der Waals surface area contributed by atoms with Crippen molar-refractivity contribution in [3.8, 4) is 10.4 Å². The number of aryl methyl sites for hydroxylation is 2. The van der Waals surface area contributed by atoms with Gasteiger partial charge in [0, 0.05) is 11.3 Å². The van der Waals surface area contributed by atoms with Crippen LogP contribution in [0, 0.1) is 6.92 Å². The maximum absolute atomic E-state index is 12.3. The Hall–Kier alpha value is -1.94. The molecule has 0 amide bonds. The normalized spacial score (nSPS) is 11.1. The Morgan fingerprint density at radius 2 is 2.00 bits per heavy atom. The van der Waals surface area contributed by atoms with Gasteiger partial charge in [-0.25, -0.2) is 4.98 Å². The summed E-state index contributed by atoms with van der Waals surface area (Å²) in [5.41, 5.74) is 2.15. The Bertz CT molecular complexity index is 802. The molecule has 0 atom stereocenters. The first kappa shape index (κ1) is 13.1. The predicted molar refractivity (Wildman–Crippen MR) is 84.4 cm³/mol. The molecule has 0 fully saturated rings. The number of fused-ring (bicyclic) bond motifs is 1. The molecule has 0 saturated heterocycles. The van der Waals surface area contributed by atoms with Gasteiger partial charge in [-0.15, -0.1) is 11.3 Å². The summed E-state index contributed by atoms with van der Waals surface area (Å²) >= 11 is 1.60. The molecule has 0 saturated carbocycles. The van der Waals surface area contributed by atoms with E-state index in [0.29, 0.717) is 0 Å². The molecule has 3 rings (SSSR count). The fraction of sp³-hybridized carbons (Fsp3) is 0.250. The van der Waals surface area contributed by atoms with E-state index in [4.69, 9.17) is 0 Å². The largest absolute Gasteiger partial charge is 0.310 e. The van der Waals surface area contributed by atoms with Gasteiger partial charge in [0.2, 0.25) is 0 Å². The molecule has 102 valence electrons. The lowest BCUT2D eigenvalue weighted by molar-refractivity contribution is 0.838. The maximum Gasteiger partial charge on any atom is 0.259 e. The zero-order valence-corrected chi connectivity index (χ0v) is 12.4. The molecule has 0 unspecified atom stereocenters. The van der Waals surface area contributed by atoms with E-state index in [-0.39, 0.29) is 5.56 Å². The molecule has 0 spiro atoms. The smallest absolute Gasteiger partial charge is 0.259 e. The number of nitrogens with one attached hydrogen (secondary N) is 1. The number of aromatic amines is 1. The van der Waals surface area contributed by atoms with Crippen LogP contribution in [0.25, 0.3) is 20.7 Å². The van der Waals surface area contributed by atoms with E-state index in [2.05, 4.69) is 29.0 Å². The Balaban J connectivity index is 2.24. The van der Waals surface area contributed by atoms with Gasteiger partial charge in [-0.3, -0.25) is 4.79 Å². The van der Waals surface area contributed by atoms with Crippen LogP contribution in [0.3, 0.4) is 0 Å². The summed E-state index contributed by atoms with van der Waals surface area (Å²) in [6, 6.07) is 10.2. The number of aromatic nitrogens is 2. The predicted octanol–water partition coefficient (Wildman–Crippen LogP) is 3.91. The summed E-state index contributed by atoms with van der Waals surface area (Å²) in [4.78, 5) is 21.7. The van der Waals surface area contributed by atoms with Crippen LogP contribution in [-0.4, -0.2) is 9.97 Å². The highest BCUT2D eigenvalue weighted by molar-refractivity contribution is 7.22. The van der Waals surface area contributed by atoms with Crippen LogP contribution in [0.2, 0.25) is 0 Å². The van der Waals surface area contributed by atoms with Gasteiger partial charge < -0.3 is 4.98 Å². The summed E-state index contributed by atoms with van der Waals surface area (Å²) in [6.07, 6.45) is 1.78. The van der Waals surface area contributed by atoms with Crippen molar-refractivity contribution in [3.63, 3.8) is 0 Å². The van der Waals surface area contributed by atoms with Gasteiger partial charge >= 0.3 is 0 Å². The number of H-pyrrole nitrogens is 1. The second-order valence-corrected chi connectivity index (χ2v) is 5.86. The minimum Gasteiger partial charge on any atom is -0.310 e. The second-order valence-electron chi connectivity index (χ2n) is 4.86. The zero-order valence-electron chi connectivity index (χ0n) is 11.6. The summed E-state index contributed by atoms with van der Waals surface area (Å²) in [5.74, 6) is 0.783. The van der Waals surface area contributed by atoms with Gasteiger partial charge in [0.25, 0.3) is 5.56 Å². The van der Waals surface area contributed by atoms with Crippen molar-refractivity contribution in [2.24, 2.45) is 0 Å².